The van der Waals surface area contributed by atoms with E-state index in [0.717, 1.165) is 16.8 Å². The number of hydrogen-bond acceptors (Lipinski definition) is 5. The Bertz CT molecular complexity index is 1210. The van der Waals surface area contributed by atoms with Crippen molar-refractivity contribution in [3.63, 3.8) is 0 Å². The first-order valence-corrected chi connectivity index (χ1v) is 10.7. The zero-order chi connectivity index (χ0) is 24.2. The Morgan fingerprint density at radius 2 is 1.64 bits per heavy atom. The summed E-state index contributed by atoms with van der Waals surface area (Å²) in [5.74, 6) is -0.177. The maximum absolute atomic E-state index is 12.3. The van der Waals surface area contributed by atoms with Gasteiger partial charge in [-0.3, -0.25) is 4.68 Å². The molecule has 3 aromatic rings. The topological polar surface area (TPSA) is 77.1 Å². The first-order chi connectivity index (χ1) is 15.6. The molecule has 3 rings (SSSR count). The molecule has 170 valence electrons. The highest BCUT2D eigenvalue weighted by atomic mass is 16.7. The third kappa shape index (κ3) is 5.32. The summed E-state index contributed by atoms with van der Waals surface area (Å²) in [6.45, 7) is 9.91. The molecule has 0 spiro atoms. The van der Waals surface area contributed by atoms with Crippen LogP contribution in [0, 0.1) is 25.2 Å². The van der Waals surface area contributed by atoms with E-state index < -0.39 is 5.97 Å². The number of nitriles is 1. The molecule has 0 aliphatic carbocycles. The summed E-state index contributed by atoms with van der Waals surface area (Å²) in [5.41, 5.74) is 5.03. The smallest absolute Gasteiger partial charge is 0.340 e. The molecular weight excluding hydrogens is 414 g/mol. The second-order valence-corrected chi connectivity index (χ2v) is 8.89. The zero-order valence-electron chi connectivity index (χ0n) is 20.0. The predicted octanol–water partition coefficient (Wildman–Crippen LogP) is 5.56. The van der Waals surface area contributed by atoms with E-state index in [9.17, 15) is 10.1 Å². The zero-order valence-corrected chi connectivity index (χ0v) is 20.0. The second-order valence-electron chi connectivity index (χ2n) is 8.89. The Kier molecular flexibility index (Phi) is 7.03. The van der Waals surface area contributed by atoms with Crippen molar-refractivity contribution in [1.82, 2.24) is 9.78 Å². The summed E-state index contributed by atoms with van der Waals surface area (Å²) in [6, 6.07) is 18.8. The fraction of sp³-hybridized carbons (Fsp3) is 0.296. The van der Waals surface area contributed by atoms with Crippen molar-refractivity contribution >= 4 is 17.3 Å². The summed E-state index contributed by atoms with van der Waals surface area (Å²) in [6.07, 6.45) is 0. The van der Waals surface area contributed by atoms with Gasteiger partial charge in [0.25, 0.3) is 0 Å². The third-order valence-electron chi connectivity index (χ3n) is 5.52. The molecule has 6 nitrogen and oxygen atoms in total. The van der Waals surface area contributed by atoms with Crippen LogP contribution in [0.3, 0.4) is 0 Å². The fourth-order valence-corrected chi connectivity index (χ4v) is 3.52. The number of aromatic nitrogens is 2. The first-order valence-electron chi connectivity index (χ1n) is 10.7. The van der Waals surface area contributed by atoms with Gasteiger partial charge in [-0.1, -0.05) is 63.2 Å². The Balaban J connectivity index is 1.99. The number of rotatable bonds is 6. The lowest BCUT2D eigenvalue weighted by Crippen LogP contribution is -2.12. The minimum absolute atomic E-state index is 0.00421. The van der Waals surface area contributed by atoms with Gasteiger partial charge in [0.1, 0.15) is 17.3 Å². The average Bonchev–Trinajstić information content (AvgIpc) is 3.04. The van der Waals surface area contributed by atoms with Crippen molar-refractivity contribution < 1.29 is 14.3 Å². The predicted molar refractivity (Wildman–Crippen MR) is 128 cm³/mol. The van der Waals surface area contributed by atoms with Gasteiger partial charge in [-0.05, 0) is 42.5 Å². The largest absolute Gasteiger partial charge is 0.454 e. The van der Waals surface area contributed by atoms with Crippen molar-refractivity contribution in [2.75, 3.05) is 6.79 Å². The van der Waals surface area contributed by atoms with Gasteiger partial charge in [0.05, 0.1) is 11.3 Å². The van der Waals surface area contributed by atoms with E-state index in [2.05, 4.69) is 31.9 Å². The minimum atomic E-state index is -0.499. The monoisotopic (exact) mass is 443 g/mol. The van der Waals surface area contributed by atoms with Gasteiger partial charge < -0.3 is 9.47 Å². The third-order valence-corrected chi connectivity index (χ3v) is 5.52. The summed E-state index contributed by atoms with van der Waals surface area (Å²) in [4.78, 5) is 12.3. The van der Waals surface area contributed by atoms with Crippen molar-refractivity contribution in [1.29, 1.82) is 5.26 Å². The van der Waals surface area contributed by atoms with Crippen molar-refractivity contribution in [2.45, 2.75) is 40.0 Å². The van der Waals surface area contributed by atoms with E-state index in [1.54, 1.807) is 36.0 Å². The summed E-state index contributed by atoms with van der Waals surface area (Å²) in [7, 11) is 1.80. The van der Waals surface area contributed by atoms with E-state index in [1.165, 1.54) is 0 Å². The van der Waals surface area contributed by atoms with E-state index in [1.807, 2.05) is 44.2 Å². The molecule has 0 N–H and O–H groups in total. The molecule has 0 aliphatic rings. The van der Waals surface area contributed by atoms with Crippen LogP contribution in [0.2, 0.25) is 0 Å². The molecule has 0 radical (unpaired) electrons. The van der Waals surface area contributed by atoms with Gasteiger partial charge in [-0.15, -0.1) is 0 Å². The molecular formula is C27H29N3O3. The molecule has 0 aliphatic heterocycles. The van der Waals surface area contributed by atoms with E-state index in [-0.39, 0.29) is 12.2 Å². The fourth-order valence-electron chi connectivity index (χ4n) is 3.52. The van der Waals surface area contributed by atoms with E-state index in [4.69, 9.17) is 9.47 Å². The van der Waals surface area contributed by atoms with Gasteiger partial charge in [-0.2, -0.15) is 10.4 Å². The van der Waals surface area contributed by atoms with Crippen LogP contribution in [0.1, 0.15) is 59.2 Å². The van der Waals surface area contributed by atoms with E-state index >= 15 is 0 Å². The molecule has 0 fully saturated rings. The molecule has 1 aromatic heterocycles. The molecule has 0 saturated heterocycles. The number of aryl methyl sites for hydroxylation is 2. The second kappa shape index (κ2) is 9.74. The van der Waals surface area contributed by atoms with Crippen LogP contribution in [-0.4, -0.2) is 22.5 Å². The average molecular weight is 444 g/mol. The SMILES string of the molecule is Cc1nn(C)c(/C(OCOC(=O)c2ccccc2)=C(\C#N)c2ccc(C(C)(C)C)cc2)c1C. The standard InChI is InChI=1S/C27H29N3O3/c1-18-19(2)29-30(6)24(18)25(32-17-33-26(31)21-10-8-7-9-11-21)23(16-28)20-12-14-22(15-13-20)27(3,4)5/h7-15H,17H2,1-6H3/b25-23-. The van der Waals surface area contributed by atoms with Crippen molar-refractivity contribution in [3.05, 3.63) is 88.2 Å². The van der Waals surface area contributed by atoms with Crippen LogP contribution in [0.25, 0.3) is 11.3 Å². The summed E-state index contributed by atoms with van der Waals surface area (Å²) in [5, 5.41) is 14.6. The van der Waals surface area contributed by atoms with Crippen LogP contribution in [-0.2, 0) is 21.9 Å². The lowest BCUT2D eigenvalue weighted by molar-refractivity contribution is 0.00660. The number of carbonyl (C=O) groups excluding carboxylic acids is 1. The van der Waals surface area contributed by atoms with Crippen molar-refractivity contribution in [2.24, 2.45) is 7.05 Å². The normalized spacial score (nSPS) is 12.0. The number of hydrogen-bond donors (Lipinski definition) is 0. The quantitative estimate of drug-likeness (QED) is 0.216. The van der Waals surface area contributed by atoms with Crippen LogP contribution in [0.15, 0.2) is 54.6 Å². The Morgan fingerprint density at radius 1 is 1.00 bits per heavy atom. The van der Waals surface area contributed by atoms with Crippen LogP contribution in [0.4, 0.5) is 0 Å². The Labute approximate surface area is 195 Å². The van der Waals surface area contributed by atoms with Crippen LogP contribution >= 0.6 is 0 Å². The molecule has 0 saturated carbocycles. The molecule has 2 aromatic carbocycles. The highest BCUT2D eigenvalue weighted by molar-refractivity contribution is 5.95. The number of esters is 1. The number of nitrogens with zero attached hydrogens (tertiary/aromatic N) is 3. The van der Waals surface area contributed by atoms with Crippen LogP contribution < -0.4 is 0 Å². The lowest BCUT2D eigenvalue weighted by Gasteiger charge is -2.19. The molecule has 0 amide bonds. The molecule has 33 heavy (non-hydrogen) atoms. The van der Waals surface area contributed by atoms with E-state index in [0.29, 0.717) is 28.2 Å². The molecule has 0 bridgehead atoms. The Morgan fingerprint density at radius 3 is 2.15 bits per heavy atom. The number of ether oxygens (including phenoxy) is 2. The summed E-state index contributed by atoms with van der Waals surface area (Å²) >= 11 is 0. The van der Waals surface area contributed by atoms with Gasteiger partial charge >= 0.3 is 5.97 Å². The number of allylic oxidation sites excluding steroid dienone is 1. The summed E-state index contributed by atoms with van der Waals surface area (Å²) < 4.78 is 13.0. The van der Waals surface area contributed by atoms with Crippen LogP contribution in [0.5, 0.6) is 0 Å². The highest BCUT2D eigenvalue weighted by Gasteiger charge is 2.22. The molecule has 6 heteroatoms. The number of carbonyl (C=O) groups is 1. The van der Waals surface area contributed by atoms with Gasteiger partial charge in [0, 0.05) is 12.6 Å². The molecule has 1 heterocycles. The highest BCUT2D eigenvalue weighted by Crippen LogP contribution is 2.31. The maximum Gasteiger partial charge on any atom is 0.340 e. The number of benzene rings is 2. The minimum Gasteiger partial charge on any atom is -0.454 e. The molecule has 0 unspecified atom stereocenters. The maximum atomic E-state index is 12.3. The Hall–Kier alpha value is -3.85. The van der Waals surface area contributed by atoms with Gasteiger partial charge in [0.15, 0.2) is 5.76 Å². The van der Waals surface area contributed by atoms with Gasteiger partial charge in [0.2, 0.25) is 6.79 Å². The first kappa shape index (κ1) is 23.8. The lowest BCUT2D eigenvalue weighted by atomic mass is 9.86. The molecule has 0 atom stereocenters. The van der Waals surface area contributed by atoms with Gasteiger partial charge in [-0.25, -0.2) is 4.79 Å². The van der Waals surface area contributed by atoms with Crippen molar-refractivity contribution in [3.8, 4) is 6.07 Å².